The van der Waals surface area contributed by atoms with Gasteiger partial charge in [-0.2, -0.15) is 9.97 Å². The maximum atomic E-state index is 17.4. The van der Waals surface area contributed by atoms with Crippen molar-refractivity contribution in [3.8, 4) is 0 Å². The second kappa shape index (κ2) is 17.4. The van der Waals surface area contributed by atoms with Gasteiger partial charge in [0.25, 0.3) is 11.8 Å². The van der Waals surface area contributed by atoms with Crippen LogP contribution in [0.5, 0.6) is 0 Å². The lowest BCUT2D eigenvalue weighted by Crippen LogP contribution is -2.70. The number of anilines is 3. The number of allylic oxidation sites excluding steroid dienone is 4. The number of halogens is 1. The molecule has 15 heteroatoms. The van der Waals surface area contributed by atoms with Crippen LogP contribution in [-0.4, -0.2) is 85.3 Å². The first-order valence-electron chi connectivity index (χ1n) is 22.0. The van der Waals surface area contributed by atoms with Gasteiger partial charge in [-0.3, -0.25) is 14.4 Å². The van der Waals surface area contributed by atoms with Gasteiger partial charge in [0.15, 0.2) is 34.0 Å². The van der Waals surface area contributed by atoms with Gasteiger partial charge in [-0.25, -0.2) is 14.4 Å². The average molecular weight is 840 g/mol. The van der Waals surface area contributed by atoms with Gasteiger partial charge in [0.05, 0.1) is 24.5 Å². The number of nitrogens with zero attached hydrogens (tertiary/aromatic N) is 5. The van der Waals surface area contributed by atoms with Gasteiger partial charge in [-0.1, -0.05) is 64.0 Å². The first-order chi connectivity index (χ1) is 29.0. The number of rotatable bonds is 16. The second-order valence-corrected chi connectivity index (χ2v) is 18.4. The molecule has 2 amide bonds. The van der Waals surface area contributed by atoms with Gasteiger partial charge in [-0.05, 0) is 93.7 Å². The van der Waals surface area contributed by atoms with Crippen LogP contribution < -0.4 is 27.0 Å². The summed E-state index contributed by atoms with van der Waals surface area (Å²) in [5, 5.41) is 29.8. The Balaban J connectivity index is 0.768. The number of aromatic nitrogens is 4. The van der Waals surface area contributed by atoms with Gasteiger partial charge in [0.2, 0.25) is 5.95 Å². The summed E-state index contributed by atoms with van der Waals surface area (Å²) in [6.45, 7) is 7.03. The molecule has 4 aliphatic rings. The number of carbonyl (C=O) groups is 3. The summed E-state index contributed by atoms with van der Waals surface area (Å²) in [6, 6.07) is 7.41. The Morgan fingerprint density at radius 3 is 2.30 bits per heavy atom. The number of unbranched alkanes of at least 4 members (excludes halogenated alkanes) is 7. The molecule has 61 heavy (non-hydrogen) atoms. The highest BCUT2D eigenvalue weighted by Gasteiger charge is 2.75. The van der Waals surface area contributed by atoms with Crippen molar-refractivity contribution in [2.75, 3.05) is 36.5 Å². The van der Waals surface area contributed by atoms with Gasteiger partial charge in [0, 0.05) is 48.1 Å². The zero-order chi connectivity index (χ0) is 43.7. The Hall–Kier alpha value is -5.02. The number of hydrogen-bond donors (Lipinski definition) is 6. The molecule has 0 saturated heterocycles. The maximum absolute atomic E-state index is 17.4. The van der Waals surface area contributed by atoms with Crippen molar-refractivity contribution in [2.45, 2.75) is 122 Å². The number of fused-ring (bicyclic) bond motifs is 6. The molecule has 8 atom stereocenters. The zero-order valence-corrected chi connectivity index (χ0v) is 35.9. The number of hydrogen-bond acceptors (Lipinski definition) is 12. The molecule has 0 aliphatic heterocycles. The van der Waals surface area contributed by atoms with Gasteiger partial charge < -0.3 is 37.2 Å². The van der Waals surface area contributed by atoms with E-state index in [0.29, 0.717) is 66.9 Å². The van der Waals surface area contributed by atoms with E-state index < -0.39 is 45.9 Å². The van der Waals surface area contributed by atoms with E-state index in [2.05, 4.69) is 30.6 Å². The highest BCUT2D eigenvalue weighted by atomic mass is 19.1. The van der Waals surface area contributed by atoms with Crippen molar-refractivity contribution >= 4 is 46.2 Å². The molecule has 2 heterocycles. The summed E-state index contributed by atoms with van der Waals surface area (Å²) in [7, 11) is 1.93. The summed E-state index contributed by atoms with van der Waals surface area (Å²) >= 11 is 0. The van der Waals surface area contributed by atoms with E-state index in [-0.39, 0.29) is 35.8 Å². The van der Waals surface area contributed by atoms with Gasteiger partial charge >= 0.3 is 0 Å². The monoisotopic (exact) mass is 839 g/mol. The fourth-order valence-corrected chi connectivity index (χ4v) is 11.2. The third-order valence-corrected chi connectivity index (χ3v) is 14.7. The van der Waals surface area contributed by atoms with Crippen LogP contribution in [0.25, 0.3) is 11.2 Å². The molecule has 2 aromatic heterocycles. The number of carbonyl (C=O) groups excluding carboxylic acids is 3. The van der Waals surface area contributed by atoms with Crippen molar-refractivity contribution in [1.29, 1.82) is 0 Å². The van der Waals surface area contributed by atoms with Crippen molar-refractivity contribution in [3.05, 3.63) is 65.5 Å². The molecule has 328 valence electrons. The third-order valence-electron chi connectivity index (χ3n) is 14.7. The van der Waals surface area contributed by atoms with Crippen LogP contribution in [-0.2, 0) is 16.1 Å². The van der Waals surface area contributed by atoms with E-state index >= 15 is 4.39 Å². The number of benzene rings is 1. The smallest absolute Gasteiger partial charge is 0.252 e. The molecule has 3 fully saturated rings. The Kier molecular flexibility index (Phi) is 12.6. The Morgan fingerprint density at radius 1 is 0.951 bits per heavy atom. The van der Waals surface area contributed by atoms with Gasteiger partial charge in [-0.15, -0.1) is 0 Å². The summed E-state index contributed by atoms with van der Waals surface area (Å²) in [5.74, 6) is -1.70. The molecule has 0 spiro atoms. The number of nitrogens with two attached hydrogens (primary N) is 2. The van der Waals surface area contributed by atoms with Crippen LogP contribution in [0.4, 0.5) is 21.8 Å². The Bertz CT molecular complexity index is 2200. The van der Waals surface area contributed by atoms with Crippen LogP contribution in [0.2, 0.25) is 0 Å². The summed E-state index contributed by atoms with van der Waals surface area (Å²) in [6.07, 6.45) is 14.2. The molecule has 4 aliphatic carbocycles. The van der Waals surface area contributed by atoms with Crippen LogP contribution >= 0.6 is 0 Å². The minimum atomic E-state index is -1.99. The molecule has 3 saturated carbocycles. The molecular weight excluding hydrogens is 778 g/mol. The molecule has 1 aromatic carbocycles. The number of aliphatic hydroxyl groups is 2. The molecule has 1 unspecified atom stereocenters. The largest absolute Gasteiger partial charge is 0.390 e. The molecule has 3 aromatic rings. The predicted molar refractivity (Wildman–Crippen MR) is 233 cm³/mol. The fourth-order valence-electron chi connectivity index (χ4n) is 11.2. The lowest BCUT2D eigenvalue weighted by Gasteiger charge is -2.62. The van der Waals surface area contributed by atoms with E-state index in [1.54, 1.807) is 19.2 Å². The Labute approximate surface area is 357 Å². The minimum Gasteiger partial charge on any atom is -0.390 e. The first-order valence-corrected chi connectivity index (χ1v) is 22.0. The number of nitrogens with one attached hydrogen (secondary N) is 2. The van der Waals surface area contributed by atoms with Crippen molar-refractivity contribution in [2.24, 2.45) is 28.6 Å². The SMILES string of the molecule is C[C@@H]1C[C@H]2C3CCC4=CC(=O)C=C[C@]4(C)[C@@]3(F)[C@@H](O)C[C@]2(C)[C@@]1(O)C(=O)NCCCCCCCCCCNC(=O)c1ccc(N(C)Cc2cnc3nc(N)nc(N)c3n2)cc1. The quantitative estimate of drug-likeness (QED) is 0.0980. The van der Waals surface area contributed by atoms with Crippen LogP contribution in [0.15, 0.2) is 54.3 Å². The van der Waals surface area contributed by atoms with E-state index in [1.807, 2.05) is 50.1 Å². The zero-order valence-electron chi connectivity index (χ0n) is 35.9. The minimum absolute atomic E-state index is 0.0286. The highest BCUT2D eigenvalue weighted by molar-refractivity contribution is 6.01. The number of ketones is 1. The third kappa shape index (κ3) is 7.99. The number of aliphatic hydroxyl groups excluding tert-OH is 1. The molecule has 14 nitrogen and oxygen atoms in total. The molecule has 0 radical (unpaired) electrons. The molecule has 0 bridgehead atoms. The van der Waals surface area contributed by atoms with E-state index in [9.17, 15) is 24.6 Å². The molecular formula is C46H62FN9O5. The van der Waals surface area contributed by atoms with Gasteiger partial charge in [0.1, 0.15) is 0 Å². The van der Waals surface area contributed by atoms with E-state index in [1.165, 1.54) is 12.2 Å². The maximum Gasteiger partial charge on any atom is 0.252 e. The van der Waals surface area contributed by atoms with E-state index in [4.69, 9.17) is 11.5 Å². The summed E-state index contributed by atoms with van der Waals surface area (Å²) in [4.78, 5) is 57.6. The number of alkyl halides is 1. The topological polar surface area (TPSA) is 223 Å². The first kappa shape index (κ1) is 44.0. The van der Waals surface area contributed by atoms with E-state index in [0.717, 1.165) is 57.1 Å². The highest BCUT2D eigenvalue weighted by Crippen LogP contribution is 2.70. The standard InChI is InChI=1S/C46H62FN9O5/c1-28-23-35-34-18-15-30-24-33(57)19-20-43(30,2)45(34,47)36(58)25-44(35,3)46(28,61)41(60)51-22-12-10-8-6-5-7-9-11-21-50-40(59)29-13-16-32(17-14-29)56(4)27-31-26-52-39-37(53-31)38(48)54-42(49)55-39/h13-14,16-17,19-20,24,26,28,34-36,58,61H,5-12,15,18,21-23,25,27H2,1-4H3,(H,50,59)(H,51,60)(H4,48,49,52,54,55)/t28-,34?,35+,36+,43+,44+,45+,46+/m1/s1. The lowest BCUT2D eigenvalue weighted by atomic mass is 9.44. The van der Waals surface area contributed by atoms with Crippen molar-refractivity contribution in [3.63, 3.8) is 0 Å². The summed E-state index contributed by atoms with van der Waals surface area (Å²) in [5.41, 5.74) is 9.45. The summed E-state index contributed by atoms with van der Waals surface area (Å²) < 4.78 is 17.4. The number of nitrogen functional groups attached to an aromatic ring is 2. The predicted octanol–water partition coefficient (Wildman–Crippen LogP) is 5.54. The Morgan fingerprint density at radius 2 is 1.61 bits per heavy atom. The second-order valence-electron chi connectivity index (χ2n) is 18.4. The fraction of sp³-hybridized carbons (Fsp3) is 0.587. The molecule has 7 rings (SSSR count). The normalized spacial score (nSPS) is 30.3. The van der Waals surface area contributed by atoms with Crippen molar-refractivity contribution in [1.82, 2.24) is 30.6 Å². The van der Waals surface area contributed by atoms with Crippen LogP contribution in [0, 0.1) is 28.6 Å². The van der Waals surface area contributed by atoms with Crippen LogP contribution in [0.1, 0.15) is 114 Å². The average Bonchev–Trinajstić information content (AvgIpc) is 3.43. The number of amides is 2. The molecule has 8 N–H and O–H groups in total. The van der Waals surface area contributed by atoms with Crippen LogP contribution in [0.3, 0.4) is 0 Å². The lowest BCUT2D eigenvalue weighted by molar-refractivity contribution is -0.219. The van der Waals surface area contributed by atoms with Crippen molar-refractivity contribution < 1.29 is 29.0 Å².